The number of rotatable bonds is 8. The maximum atomic E-state index is 8.65. The molecule has 0 aliphatic rings. The molecular formula is C20H22N6+2. The maximum Gasteiger partial charge on any atom is 0.244 e. The Morgan fingerprint density at radius 3 is 1.54 bits per heavy atom. The molecule has 26 heavy (non-hydrogen) atoms. The number of imidazole rings is 2. The molecule has 2 heterocycles. The predicted octanol–water partition coefficient (Wildman–Crippen LogP) is 1.79. The molecule has 3 aromatic rings. The van der Waals surface area contributed by atoms with E-state index in [9.17, 15) is 0 Å². The van der Waals surface area contributed by atoms with Crippen LogP contribution in [0.3, 0.4) is 0 Å². The highest BCUT2D eigenvalue weighted by atomic mass is 15.1. The molecule has 3 rings (SSSR count). The number of benzene rings is 1. The number of aromatic nitrogens is 4. The van der Waals surface area contributed by atoms with Crippen molar-refractivity contribution >= 4 is 0 Å². The van der Waals surface area contributed by atoms with Crippen molar-refractivity contribution in [3.8, 4) is 12.1 Å². The lowest BCUT2D eigenvalue weighted by molar-refractivity contribution is -0.688. The third-order valence-corrected chi connectivity index (χ3v) is 4.21. The van der Waals surface area contributed by atoms with Gasteiger partial charge in [0.2, 0.25) is 12.7 Å². The summed E-state index contributed by atoms with van der Waals surface area (Å²) < 4.78 is 8.31. The lowest BCUT2D eigenvalue weighted by Crippen LogP contribution is -2.32. The molecule has 6 heteroatoms. The van der Waals surface area contributed by atoms with Gasteiger partial charge in [0.05, 0.1) is 25.0 Å². The average Bonchev–Trinajstić information content (AvgIpc) is 3.29. The predicted molar refractivity (Wildman–Crippen MR) is 94.4 cm³/mol. The fraction of sp³-hybridized carbons (Fsp3) is 0.300. The highest BCUT2D eigenvalue weighted by Gasteiger charge is 2.07. The van der Waals surface area contributed by atoms with Crippen molar-refractivity contribution < 1.29 is 9.13 Å². The number of hydrogen-bond donors (Lipinski definition) is 0. The SMILES string of the molecule is N#CCCn1cc[n+](Cc2ccc(C[n+]3ccn(CCC#N)c3)cc2)c1. The van der Waals surface area contributed by atoms with Crippen LogP contribution < -0.4 is 9.13 Å². The Morgan fingerprint density at radius 1 is 0.731 bits per heavy atom. The maximum absolute atomic E-state index is 8.65. The molecule has 0 fully saturated rings. The summed E-state index contributed by atoms with van der Waals surface area (Å²) in [6.45, 7) is 3.09. The Balaban J connectivity index is 1.56. The van der Waals surface area contributed by atoms with Crippen LogP contribution in [0.25, 0.3) is 0 Å². The van der Waals surface area contributed by atoms with Crippen LogP contribution in [0.15, 0.2) is 61.7 Å². The highest BCUT2D eigenvalue weighted by Crippen LogP contribution is 2.04. The van der Waals surface area contributed by atoms with Crippen molar-refractivity contribution in [2.75, 3.05) is 0 Å². The molecule has 0 aliphatic carbocycles. The van der Waals surface area contributed by atoms with Gasteiger partial charge in [0.1, 0.15) is 51.0 Å². The van der Waals surface area contributed by atoms with Gasteiger partial charge >= 0.3 is 0 Å². The highest BCUT2D eigenvalue weighted by molar-refractivity contribution is 5.21. The smallest absolute Gasteiger partial charge is 0.236 e. The van der Waals surface area contributed by atoms with Crippen molar-refractivity contribution in [2.24, 2.45) is 0 Å². The summed E-state index contributed by atoms with van der Waals surface area (Å²) in [5.41, 5.74) is 2.49. The van der Waals surface area contributed by atoms with Gasteiger partial charge in [-0.2, -0.15) is 10.5 Å². The zero-order valence-corrected chi connectivity index (χ0v) is 14.7. The molecule has 2 aromatic heterocycles. The summed E-state index contributed by atoms with van der Waals surface area (Å²) in [7, 11) is 0. The van der Waals surface area contributed by atoms with Crippen LogP contribution >= 0.6 is 0 Å². The van der Waals surface area contributed by atoms with Crippen LogP contribution in [-0.2, 0) is 26.2 Å². The molecule has 0 unspecified atom stereocenters. The Kier molecular flexibility index (Phi) is 5.80. The minimum atomic E-state index is 0.527. The molecule has 0 radical (unpaired) electrons. The van der Waals surface area contributed by atoms with E-state index in [1.165, 1.54) is 11.1 Å². The number of aryl methyl sites for hydroxylation is 2. The molecule has 6 nitrogen and oxygen atoms in total. The van der Waals surface area contributed by atoms with E-state index in [-0.39, 0.29) is 0 Å². The summed E-state index contributed by atoms with van der Waals surface area (Å²) >= 11 is 0. The molecule has 130 valence electrons. The number of nitriles is 2. The largest absolute Gasteiger partial charge is 0.244 e. The molecule has 0 spiro atoms. The van der Waals surface area contributed by atoms with Gasteiger partial charge in [-0.15, -0.1) is 0 Å². The first-order valence-electron chi connectivity index (χ1n) is 8.68. The lowest BCUT2D eigenvalue weighted by atomic mass is 10.1. The van der Waals surface area contributed by atoms with Crippen LogP contribution in [-0.4, -0.2) is 9.13 Å². The molecular weight excluding hydrogens is 324 g/mol. The van der Waals surface area contributed by atoms with E-state index in [0.717, 1.165) is 26.2 Å². The molecule has 0 amide bonds. The first-order valence-corrected chi connectivity index (χ1v) is 8.68. The van der Waals surface area contributed by atoms with Gasteiger partial charge in [0.25, 0.3) is 0 Å². The van der Waals surface area contributed by atoms with E-state index in [2.05, 4.69) is 45.5 Å². The van der Waals surface area contributed by atoms with Gasteiger partial charge in [-0.25, -0.2) is 18.3 Å². The van der Waals surface area contributed by atoms with E-state index >= 15 is 0 Å². The van der Waals surface area contributed by atoms with E-state index in [1.807, 2.05) is 46.6 Å². The summed E-state index contributed by atoms with van der Waals surface area (Å²) in [4.78, 5) is 0. The third-order valence-electron chi connectivity index (χ3n) is 4.21. The number of nitrogens with zero attached hydrogens (tertiary/aromatic N) is 6. The monoisotopic (exact) mass is 346 g/mol. The molecule has 0 bridgehead atoms. The fourth-order valence-electron chi connectivity index (χ4n) is 2.86. The van der Waals surface area contributed by atoms with Crippen LogP contribution in [0.4, 0.5) is 0 Å². The minimum Gasteiger partial charge on any atom is -0.236 e. The second-order valence-electron chi connectivity index (χ2n) is 6.28. The van der Waals surface area contributed by atoms with Gasteiger partial charge < -0.3 is 0 Å². The molecule has 0 N–H and O–H groups in total. The molecule has 0 saturated carbocycles. The first-order chi connectivity index (χ1) is 12.8. The van der Waals surface area contributed by atoms with Crippen LogP contribution in [0.5, 0.6) is 0 Å². The summed E-state index contributed by atoms with van der Waals surface area (Å²) in [5, 5.41) is 17.3. The van der Waals surface area contributed by atoms with Gasteiger partial charge in [0, 0.05) is 0 Å². The zero-order chi connectivity index (χ0) is 18.2. The number of hydrogen-bond acceptors (Lipinski definition) is 2. The van der Waals surface area contributed by atoms with E-state index in [1.54, 1.807) is 0 Å². The third kappa shape index (κ3) is 4.81. The standard InChI is InChI=1S/C20H22N6/c21-7-1-9-23-11-13-25(17-23)15-19-3-5-20(6-4-19)16-26-14-12-24(18-26)10-2-8-22/h3-6,11-14,17-18H,1-2,9-10,15-16H2/q+2. The Hall–Kier alpha value is -3.38. The van der Waals surface area contributed by atoms with Crippen LogP contribution in [0, 0.1) is 22.7 Å². The lowest BCUT2D eigenvalue weighted by Gasteiger charge is -2.01. The van der Waals surface area contributed by atoms with Gasteiger partial charge in [0.15, 0.2) is 0 Å². The summed E-state index contributed by atoms with van der Waals surface area (Å²) in [6.07, 6.45) is 13.2. The van der Waals surface area contributed by atoms with Gasteiger partial charge in [-0.05, 0) is 11.1 Å². The Labute approximate surface area is 153 Å². The Bertz CT molecular complexity index is 843. The summed E-state index contributed by atoms with van der Waals surface area (Å²) in [5.74, 6) is 0. The van der Waals surface area contributed by atoms with Crippen LogP contribution in [0.2, 0.25) is 0 Å². The van der Waals surface area contributed by atoms with Crippen LogP contribution in [0.1, 0.15) is 24.0 Å². The fourth-order valence-corrected chi connectivity index (χ4v) is 2.86. The molecule has 0 aliphatic heterocycles. The molecule has 1 aromatic carbocycles. The van der Waals surface area contributed by atoms with Crippen molar-refractivity contribution in [3.63, 3.8) is 0 Å². The van der Waals surface area contributed by atoms with Crippen molar-refractivity contribution in [1.29, 1.82) is 10.5 Å². The minimum absolute atomic E-state index is 0.527. The topological polar surface area (TPSA) is 65.2 Å². The van der Waals surface area contributed by atoms with E-state index in [4.69, 9.17) is 10.5 Å². The molecule has 0 saturated heterocycles. The molecule has 0 atom stereocenters. The first kappa shape index (κ1) is 17.4. The van der Waals surface area contributed by atoms with Crippen molar-refractivity contribution in [1.82, 2.24) is 9.13 Å². The average molecular weight is 346 g/mol. The van der Waals surface area contributed by atoms with E-state index < -0.39 is 0 Å². The normalized spacial score (nSPS) is 10.4. The summed E-state index contributed by atoms with van der Waals surface area (Å²) in [6, 6.07) is 12.9. The second kappa shape index (κ2) is 8.64. The Morgan fingerprint density at radius 2 is 1.15 bits per heavy atom. The zero-order valence-electron chi connectivity index (χ0n) is 14.7. The van der Waals surface area contributed by atoms with E-state index in [0.29, 0.717) is 12.8 Å². The van der Waals surface area contributed by atoms with Gasteiger partial charge in [-0.3, -0.25) is 0 Å². The quantitative estimate of drug-likeness (QED) is 0.584. The van der Waals surface area contributed by atoms with Gasteiger partial charge in [-0.1, -0.05) is 24.3 Å². The van der Waals surface area contributed by atoms with Crippen molar-refractivity contribution in [3.05, 3.63) is 72.8 Å². The second-order valence-corrected chi connectivity index (χ2v) is 6.28. The van der Waals surface area contributed by atoms with Crippen molar-refractivity contribution in [2.45, 2.75) is 39.0 Å².